The summed E-state index contributed by atoms with van der Waals surface area (Å²) in [7, 11) is 2.84. The number of furan rings is 1. The van der Waals surface area contributed by atoms with Gasteiger partial charge in [-0.15, -0.1) is 5.10 Å². The van der Waals surface area contributed by atoms with E-state index in [1.165, 1.54) is 14.2 Å². The number of esters is 1. The molecule has 2 heterocycles. The number of ether oxygens (including phenoxy) is 2. The van der Waals surface area contributed by atoms with Gasteiger partial charge in [-0.25, -0.2) is 9.48 Å². The average molecular weight is 251 g/mol. The van der Waals surface area contributed by atoms with E-state index in [4.69, 9.17) is 9.15 Å². The highest BCUT2D eigenvalue weighted by molar-refractivity contribution is 5.88. The van der Waals surface area contributed by atoms with Crippen LogP contribution in [0.5, 0.6) is 0 Å². The minimum atomic E-state index is -0.527. The van der Waals surface area contributed by atoms with Crippen molar-refractivity contribution in [1.82, 2.24) is 15.0 Å². The second kappa shape index (κ2) is 5.46. The molecule has 0 aliphatic rings. The zero-order valence-electron chi connectivity index (χ0n) is 10.1. The van der Waals surface area contributed by atoms with Crippen LogP contribution in [0.3, 0.4) is 0 Å². The van der Waals surface area contributed by atoms with Gasteiger partial charge < -0.3 is 13.9 Å². The standard InChI is InChI=1S/C11H13N3O4/c1-16-7-9-10(11(15)17-2)12-13-14(9)5-8-3-4-18-6-8/h3-4,6H,5,7H2,1-2H3. The van der Waals surface area contributed by atoms with Gasteiger partial charge in [-0.1, -0.05) is 5.21 Å². The summed E-state index contributed by atoms with van der Waals surface area (Å²) in [4.78, 5) is 11.5. The van der Waals surface area contributed by atoms with Crippen LogP contribution >= 0.6 is 0 Å². The lowest BCUT2D eigenvalue weighted by atomic mass is 10.3. The number of rotatable bonds is 5. The monoisotopic (exact) mass is 251 g/mol. The molecule has 0 saturated carbocycles. The van der Waals surface area contributed by atoms with Crippen molar-refractivity contribution in [1.29, 1.82) is 0 Å². The first-order chi connectivity index (χ1) is 8.76. The van der Waals surface area contributed by atoms with Gasteiger partial charge in [0.2, 0.25) is 0 Å². The van der Waals surface area contributed by atoms with Crippen molar-refractivity contribution in [2.75, 3.05) is 14.2 Å². The lowest BCUT2D eigenvalue weighted by molar-refractivity contribution is 0.0588. The van der Waals surface area contributed by atoms with Crippen LogP contribution in [0, 0.1) is 0 Å². The molecule has 0 aliphatic heterocycles. The lowest BCUT2D eigenvalue weighted by Crippen LogP contribution is -2.11. The van der Waals surface area contributed by atoms with Crippen molar-refractivity contribution in [2.45, 2.75) is 13.2 Å². The third kappa shape index (κ3) is 2.40. The fourth-order valence-corrected chi connectivity index (χ4v) is 1.55. The van der Waals surface area contributed by atoms with Crippen molar-refractivity contribution < 1.29 is 18.7 Å². The van der Waals surface area contributed by atoms with Gasteiger partial charge in [0.15, 0.2) is 5.69 Å². The molecule has 0 spiro atoms. The fourth-order valence-electron chi connectivity index (χ4n) is 1.55. The third-order valence-electron chi connectivity index (χ3n) is 2.41. The van der Waals surface area contributed by atoms with Crippen LogP contribution in [0.1, 0.15) is 21.7 Å². The first-order valence-electron chi connectivity index (χ1n) is 5.27. The summed E-state index contributed by atoms with van der Waals surface area (Å²) in [6.07, 6.45) is 3.18. The topological polar surface area (TPSA) is 79.4 Å². The molecule has 7 heteroatoms. The van der Waals surface area contributed by atoms with Crippen molar-refractivity contribution in [3.8, 4) is 0 Å². The fraction of sp³-hybridized carbons (Fsp3) is 0.364. The van der Waals surface area contributed by atoms with Gasteiger partial charge >= 0.3 is 5.97 Å². The number of nitrogens with zero attached hydrogens (tertiary/aromatic N) is 3. The third-order valence-corrected chi connectivity index (χ3v) is 2.41. The number of carbonyl (C=O) groups is 1. The molecule has 2 aromatic rings. The van der Waals surface area contributed by atoms with Crippen molar-refractivity contribution in [3.63, 3.8) is 0 Å². The molecule has 0 N–H and O–H groups in total. The highest BCUT2D eigenvalue weighted by Crippen LogP contribution is 2.11. The number of carbonyl (C=O) groups excluding carboxylic acids is 1. The lowest BCUT2D eigenvalue weighted by Gasteiger charge is -2.05. The Hall–Kier alpha value is -2.15. The van der Waals surface area contributed by atoms with Gasteiger partial charge in [-0.2, -0.15) is 0 Å². The zero-order valence-corrected chi connectivity index (χ0v) is 10.1. The Bertz CT molecular complexity index is 518. The van der Waals surface area contributed by atoms with E-state index < -0.39 is 5.97 Å². The largest absolute Gasteiger partial charge is 0.472 e. The molecule has 7 nitrogen and oxygen atoms in total. The molecule has 0 aliphatic carbocycles. The highest BCUT2D eigenvalue weighted by atomic mass is 16.5. The Balaban J connectivity index is 2.29. The van der Waals surface area contributed by atoms with Crippen LogP contribution in [0.25, 0.3) is 0 Å². The summed E-state index contributed by atoms with van der Waals surface area (Å²) in [5.41, 5.74) is 1.67. The number of methoxy groups -OCH3 is 2. The van der Waals surface area contributed by atoms with Crippen molar-refractivity contribution in [2.24, 2.45) is 0 Å². The smallest absolute Gasteiger partial charge is 0.360 e. The quantitative estimate of drug-likeness (QED) is 0.733. The van der Waals surface area contributed by atoms with Gasteiger partial charge in [-0.3, -0.25) is 0 Å². The Morgan fingerprint density at radius 1 is 1.50 bits per heavy atom. The maximum atomic E-state index is 11.5. The molecule has 18 heavy (non-hydrogen) atoms. The van der Waals surface area contributed by atoms with E-state index in [2.05, 4.69) is 15.0 Å². The second-order valence-corrected chi connectivity index (χ2v) is 3.60. The van der Waals surface area contributed by atoms with Crippen LogP contribution in [-0.4, -0.2) is 35.2 Å². The van der Waals surface area contributed by atoms with E-state index in [9.17, 15) is 4.79 Å². The molecule has 0 aromatic carbocycles. The minimum Gasteiger partial charge on any atom is -0.472 e. The van der Waals surface area contributed by atoms with E-state index in [1.807, 2.05) is 6.07 Å². The molecule has 0 bridgehead atoms. The number of hydrogen-bond acceptors (Lipinski definition) is 6. The summed E-state index contributed by atoms with van der Waals surface area (Å²) >= 11 is 0. The van der Waals surface area contributed by atoms with Crippen LogP contribution < -0.4 is 0 Å². The molecule has 0 atom stereocenters. The Labute approximate surface area is 103 Å². The van der Waals surface area contributed by atoms with Gasteiger partial charge in [0, 0.05) is 12.7 Å². The maximum absolute atomic E-state index is 11.5. The van der Waals surface area contributed by atoms with Crippen molar-refractivity contribution >= 4 is 5.97 Å². The van der Waals surface area contributed by atoms with E-state index in [1.54, 1.807) is 17.2 Å². The molecule has 0 amide bonds. The van der Waals surface area contributed by atoms with Crippen molar-refractivity contribution in [3.05, 3.63) is 35.5 Å². The summed E-state index contributed by atoms with van der Waals surface area (Å²) < 4.78 is 16.3. The van der Waals surface area contributed by atoms with Gasteiger partial charge in [0.25, 0.3) is 0 Å². The molecule has 0 unspecified atom stereocenters. The second-order valence-electron chi connectivity index (χ2n) is 3.60. The molecule has 2 rings (SSSR count). The van der Waals surface area contributed by atoms with Crippen LogP contribution in [0.15, 0.2) is 23.0 Å². The predicted octanol–water partition coefficient (Wildman–Crippen LogP) is 0.852. The van der Waals surface area contributed by atoms with E-state index >= 15 is 0 Å². The van der Waals surface area contributed by atoms with E-state index in [0.717, 1.165) is 5.56 Å². The Kier molecular flexibility index (Phi) is 3.73. The van der Waals surface area contributed by atoms with Gasteiger partial charge in [0.05, 0.1) is 38.5 Å². The molecular formula is C11H13N3O4. The first kappa shape index (κ1) is 12.3. The number of hydrogen-bond donors (Lipinski definition) is 0. The molecule has 0 saturated heterocycles. The van der Waals surface area contributed by atoms with Crippen LogP contribution in [-0.2, 0) is 22.6 Å². The molecule has 2 aromatic heterocycles. The highest BCUT2D eigenvalue weighted by Gasteiger charge is 2.20. The zero-order chi connectivity index (χ0) is 13.0. The molecule has 0 radical (unpaired) electrons. The number of aromatic nitrogens is 3. The van der Waals surface area contributed by atoms with E-state index in [-0.39, 0.29) is 12.3 Å². The summed E-state index contributed by atoms with van der Waals surface area (Å²) in [6.45, 7) is 0.689. The maximum Gasteiger partial charge on any atom is 0.360 e. The normalized spacial score (nSPS) is 10.6. The van der Waals surface area contributed by atoms with Gasteiger partial charge in [0.1, 0.15) is 0 Å². The summed E-state index contributed by atoms with van der Waals surface area (Å²) in [5.74, 6) is -0.527. The molecule has 96 valence electrons. The molecule has 0 fully saturated rings. The summed E-state index contributed by atoms with van der Waals surface area (Å²) in [5, 5.41) is 7.74. The minimum absolute atomic E-state index is 0.169. The van der Waals surface area contributed by atoms with E-state index in [0.29, 0.717) is 12.2 Å². The van der Waals surface area contributed by atoms with Gasteiger partial charge in [-0.05, 0) is 6.07 Å². The first-order valence-corrected chi connectivity index (χ1v) is 5.27. The Morgan fingerprint density at radius 2 is 2.33 bits per heavy atom. The predicted molar refractivity (Wildman–Crippen MR) is 59.9 cm³/mol. The summed E-state index contributed by atoms with van der Waals surface area (Å²) in [6, 6.07) is 1.82. The molecular weight excluding hydrogens is 238 g/mol. The average Bonchev–Trinajstić information content (AvgIpc) is 3.01. The Morgan fingerprint density at radius 3 is 2.94 bits per heavy atom. The van der Waals surface area contributed by atoms with Crippen LogP contribution in [0.2, 0.25) is 0 Å². The SMILES string of the molecule is COCc1c(C(=O)OC)nnn1Cc1ccoc1. The van der Waals surface area contributed by atoms with Crippen LogP contribution in [0.4, 0.5) is 0 Å².